The molecule has 0 aromatic carbocycles. The summed E-state index contributed by atoms with van der Waals surface area (Å²) < 4.78 is 5.75. The molecule has 0 radical (unpaired) electrons. The summed E-state index contributed by atoms with van der Waals surface area (Å²) in [6.07, 6.45) is 0.475. The van der Waals surface area contributed by atoms with E-state index >= 15 is 0 Å². The van der Waals surface area contributed by atoms with Crippen LogP contribution in [-0.4, -0.2) is 54.7 Å². The first kappa shape index (κ1) is 16.4. The van der Waals surface area contributed by atoms with E-state index < -0.39 is 0 Å². The maximum absolute atomic E-state index is 11.8. The number of ether oxygens (including phenoxy) is 1. The highest BCUT2D eigenvalue weighted by Gasteiger charge is 2.33. The molecule has 0 spiro atoms. The third-order valence-electron chi connectivity index (χ3n) is 3.77. The van der Waals surface area contributed by atoms with Gasteiger partial charge in [0.2, 0.25) is 5.91 Å². The molecular weight excluding hydrogens is 242 g/mol. The van der Waals surface area contributed by atoms with E-state index in [1.807, 2.05) is 6.92 Å². The van der Waals surface area contributed by atoms with Crippen molar-refractivity contribution < 1.29 is 9.53 Å². The average Bonchev–Trinajstić information content (AvgIpc) is 2.33. The number of amides is 1. The topological polar surface area (TPSA) is 67.6 Å². The van der Waals surface area contributed by atoms with Crippen molar-refractivity contribution in [1.29, 1.82) is 0 Å². The van der Waals surface area contributed by atoms with Crippen molar-refractivity contribution in [3.8, 4) is 0 Å². The molecule has 5 nitrogen and oxygen atoms in total. The minimum atomic E-state index is -0.127. The zero-order chi connectivity index (χ0) is 14.6. The number of morpholine rings is 1. The lowest BCUT2D eigenvalue weighted by atomic mass is 9.99. The molecule has 3 N–H and O–H groups in total. The van der Waals surface area contributed by atoms with Gasteiger partial charge in [0.25, 0.3) is 0 Å². The molecule has 1 heterocycles. The number of rotatable bonds is 5. The normalized spacial score (nSPS) is 27.1. The van der Waals surface area contributed by atoms with E-state index in [1.54, 1.807) is 0 Å². The fourth-order valence-electron chi connectivity index (χ4n) is 2.37. The van der Waals surface area contributed by atoms with Gasteiger partial charge in [-0.3, -0.25) is 9.69 Å². The zero-order valence-electron chi connectivity index (χ0n) is 12.9. The van der Waals surface area contributed by atoms with Crippen molar-refractivity contribution in [1.82, 2.24) is 10.2 Å². The third-order valence-corrected chi connectivity index (χ3v) is 3.77. The lowest BCUT2D eigenvalue weighted by molar-refractivity contribution is -0.125. The van der Waals surface area contributed by atoms with Gasteiger partial charge in [0.1, 0.15) is 0 Å². The van der Waals surface area contributed by atoms with Crippen LogP contribution in [0.3, 0.4) is 0 Å². The Hall–Kier alpha value is -0.650. The summed E-state index contributed by atoms with van der Waals surface area (Å²) in [5.41, 5.74) is 5.43. The van der Waals surface area contributed by atoms with E-state index in [0.717, 1.165) is 13.1 Å². The van der Waals surface area contributed by atoms with E-state index in [-0.39, 0.29) is 29.6 Å². The van der Waals surface area contributed by atoms with Gasteiger partial charge in [0.15, 0.2) is 0 Å². The fraction of sp³-hybridized carbons (Fsp3) is 0.929. The fourth-order valence-corrected chi connectivity index (χ4v) is 2.37. The number of nitrogens with one attached hydrogen (secondary N) is 1. The number of hydrogen-bond acceptors (Lipinski definition) is 4. The van der Waals surface area contributed by atoms with Crippen LogP contribution >= 0.6 is 0 Å². The maximum Gasteiger partial charge on any atom is 0.224 e. The summed E-state index contributed by atoms with van der Waals surface area (Å²) in [7, 11) is 0. The van der Waals surface area contributed by atoms with Gasteiger partial charge >= 0.3 is 0 Å². The summed E-state index contributed by atoms with van der Waals surface area (Å²) in [5.74, 6) is -0.0942. The van der Waals surface area contributed by atoms with Gasteiger partial charge < -0.3 is 15.8 Å². The van der Waals surface area contributed by atoms with Gasteiger partial charge in [-0.25, -0.2) is 0 Å². The molecule has 0 aliphatic carbocycles. The Morgan fingerprint density at radius 1 is 1.42 bits per heavy atom. The lowest BCUT2D eigenvalue weighted by Crippen LogP contribution is -2.59. The predicted molar refractivity (Wildman–Crippen MR) is 76.9 cm³/mol. The summed E-state index contributed by atoms with van der Waals surface area (Å²) >= 11 is 0. The molecule has 1 fully saturated rings. The summed E-state index contributed by atoms with van der Waals surface area (Å²) in [6, 6.07) is 0. The third kappa shape index (κ3) is 4.75. The highest BCUT2D eigenvalue weighted by Crippen LogP contribution is 2.20. The quantitative estimate of drug-likeness (QED) is 0.768. The minimum absolute atomic E-state index is 0.0323. The smallest absolute Gasteiger partial charge is 0.224 e. The van der Waals surface area contributed by atoms with E-state index in [4.69, 9.17) is 10.5 Å². The number of carbonyl (C=O) groups is 1. The van der Waals surface area contributed by atoms with Crippen molar-refractivity contribution in [2.24, 2.45) is 11.7 Å². The summed E-state index contributed by atoms with van der Waals surface area (Å²) in [5, 5.41) is 3.00. The number of nitrogens with two attached hydrogens (primary N) is 1. The van der Waals surface area contributed by atoms with Crippen LogP contribution in [-0.2, 0) is 9.53 Å². The Morgan fingerprint density at radius 3 is 2.42 bits per heavy atom. The van der Waals surface area contributed by atoms with Crippen molar-refractivity contribution in [3.63, 3.8) is 0 Å². The molecule has 19 heavy (non-hydrogen) atoms. The first-order chi connectivity index (χ1) is 8.76. The monoisotopic (exact) mass is 271 g/mol. The van der Waals surface area contributed by atoms with Crippen LogP contribution < -0.4 is 11.1 Å². The molecule has 1 amide bonds. The Bertz CT molecular complexity index is 297. The molecule has 3 atom stereocenters. The Balaban J connectivity index is 2.52. The molecule has 3 unspecified atom stereocenters. The van der Waals surface area contributed by atoms with Gasteiger partial charge in [0.05, 0.1) is 12.2 Å². The van der Waals surface area contributed by atoms with Crippen LogP contribution in [0.1, 0.15) is 34.6 Å². The van der Waals surface area contributed by atoms with Crippen LogP contribution in [0.4, 0.5) is 0 Å². The molecule has 1 saturated heterocycles. The Kier molecular flexibility index (Phi) is 5.77. The second kappa shape index (κ2) is 6.68. The molecule has 0 bridgehead atoms. The number of hydrogen-bond donors (Lipinski definition) is 2. The molecule has 1 aliphatic heterocycles. The van der Waals surface area contributed by atoms with Crippen molar-refractivity contribution in [3.05, 3.63) is 0 Å². The van der Waals surface area contributed by atoms with Crippen molar-refractivity contribution >= 4 is 5.91 Å². The molecule has 5 heteroatoms. The predicted octanol–water partition coefficient (Wildman–Crippen LogP) is 0.585. The average molecular weight is 271 g/mol. The molecule has 1 aliphatic rings. The van der Waals surface area contributed by atoms with Gasteiger partial charge in [-0.2, -0.15) is 0 Å². The summed E-state index contributed by atoms with van der Waals surface area (Å²) in [6.45, 7) is 13.2. The standard InChI is InChI=1S/C14H29N3O2/c1-10(6-15)13(18)16-9-14(4,5)17-7-11(2)19-12(3)8-17/h10-12H,6-9,15H2,1-5H3,(H,16,18). The van der Waals surface area contributed by atoms with Crippen LogP contribution in [0.2, 0.25) is 0 Å². The largest absolute Gasteiger partial charge is 0.373 e. The molecule has 0 aromatic rings. The van der Waals surface area contributed by atoms with E-state index in [0.29, 0.717) is 13.1 Å². The number of nitrogens with zero attached hydrogens (tertiary/aromatic N) is 1. The molecule has 0 saturated carbocycles. The molecule has 1 rings (SSSR count). The molecule has 112 valence electrons. The maximum atomic E-state index is 11.8. The second-order valence-corrected chi connectivity index (χ2v) is 6.33. The minimum Gasteiger partial charge on any atom is -0.373 e. The van der Waals surface area contributed by atoms with Crippen LogP contribution in [0.5, 0.6) is 0 Å². The van der Waals surface area contributed by atoms with Gasteiger partial charge in [-0.1, -0.05) is 6.92 Å². The van der Waals surface area contributed by atoms with Crippen LogP contribution in [0.25, 0.3) is 0 Å². The van der Waals surface area contributed by atoms with Crippen molar-refractivity contribution in [2.45, 2.75) is 52.4 Å². The zero-order valence-corrected chi connectivity index (χ0v) is 12.9. The molecular formula is C14H29N3O2. The van der Waals surface area contributed by atoms with E-state index in [1.165, 1.54) is 0 Å². The first-order valence-corrected chi connectivity index (χ1v) is 7.14. The van der Waals surface area contributed by atoms with Crippen molar-refractivity contribution in [2.75, 3.05) is 26.2 Å². The van der Waals surface area contributed by atoms with E-state index in [9.17, 15) is 4.79 Å². The first-order valence-electron chi connectivity index (χ1n) is 7.14. The SMILES string of the molecule is CC1CN(C(C)(C)CNC(=O)C(C)CN)CC(C)O1. The highest BCUT2D eigenvalue weighted by molar-refractivity contribution is 5.78. The van der Waals surface area contributed by atoms with Gasteiger partial charge in [-0.05, 0) is 27.7 Å². The number of carbonyl (C=O) groups excluding carboxylic acids is 1. The van der Waals surface area contributed by atoms with E-state index in [2.05, 4.69) is 37.9 Å². The van der Waals surface area contributed by atoms with Crippen LogP contribution in [0.15, 0.2) is 0 Å². The lowest BCUT2D eigenvalue weighted by Gasteiger charge is -2.45. The Labute approximate surface area is 116 Å². The second-order valence-electron chi connectivity index (χ2n) is 6.33. The Morgan fingerprint density at radius 2 is 1.95 bits per heavy atom. The van der Waals surface area contributed by atoms with Gasteiger partial charge in [0, 0.05) is 37.6 Å². The molecule has 0 aromatic heterocycles. The van der Waals surface area contributed by atoms with Crippen LogP contribution in [0, 0.1) is 5.92 Å². The summed E-state index contributed by atoms with van der Waals surface area (Å²) in [4.78, 5) is 14.2. The van der Waals surface area contributed by atoms with Gasteiger partial charge in [-0.15, -0.1) is 0 Å². The highest BCUT2D eigenvalue weighted by atomic mass is 16.5.